The lowest BCUT2D eigenvalue weighted by Crippen LogP contribution is -2.58. The molecule has 3 rings (SSSR count). The van der Waals surface area contributed by atoms with Crippen molar-refractivity contribution >= 4 is 18.5 Å². The molecule has 2 aromatic carbocycles. The van der Waals surface area contributed by atoms with Crippen LogP contribution in [0.1, 0.15) is 45.7 Å². The molecule has 0 spiro atoms. The van der Waals surface area contributed by atoms with Crippen molar-refractivity contribution < 1.29 is 23.5 Å². The molecule has 1 fully saturated rings. The largest absolute Gasteiger partial charge is 0.482 e. The third-order valence-electron chi connectivity index (χ3n) is 5.62. The van der Waals surface area contributed by atoms with Gasteiger partial charge in [0.15, 0.2) is 19.2 Å². The Morgan fingerprint density at radius 2 is 1.68 bits per heavy atom. The molecule has 0 bridgehead atoms. The molecule has 0 saturated carbocycles. The SMILES string of the molecule is Cc1cc(C=O)c(OCC(=O)N2CC(C)N(Cc3ccc(F)cc3)CC2C)c(C=O)c1. The topological polar surface area (TPSA) is 66.9 Å². The van der Waals surface area contributed by atoms with E-state index >= 15 is 0 Å². The van der Waals surface area contributed by atoms with Crippen molar-refractivity contribution in [3.05, 3.63) is 64.5 Å². The van der Waals surface area contributed by atoms with E-state index in [0.717, 1.165) is 11.1 Å². The lowest BCUT2D eigenvalue weighted by Gasteiger charge is -2.44. The van der Waals surface area contributed by atoms with E-state index in [4.69, 9.17) is 4.74 Å². The van der Waals surface area contributed by atoms with E-state index in [-0.39, 0.29) is 47.3 Å². The van der Waals surface area contributed by atoms with E-state index < -0.39 is 0 Å². The van der Waals surface area contributed by atoms with Crippen LogP contribution in [-0.4, -0.2) is 60.1 Å². The highest BCUT2D eigenvalue weighted by Crippen LogP contribution is 2.24. The van der Waals surface area contributed by atoms with Crippen molar-refractivity contribution in [1.29, 1.82) is 0 Å². The number of benzene rings is 2. The highest BCUT2D eigenvalue weighted by Gasteiger charge is 2.32. The van der Waals surface area contributed by atoms with Gasteiger partial charge in [-0.1, -0.05) is 12.1 Å². The minimum atomic E-state index is -0.260. The predicted molar refractivity (Wildman–Crippen MR) is 115 cm³/mol. The van der Waals surface area contributed by atoms with Crippen LogP contribution in [0.2, 0.25) is 0 Å². The molecule has 7 heteroatoms. The molecule has 164 valence electrons. The number of hydrogen-bond acceptors (Lipinski definition) is 5. The molecule has 2 unspecified atom stereocenters. The first-order valence-electron chi connectivity index (χ1n) is 10.3. The number of hydrogen-bond donors (Lipinski definition) is 0. The number of rotatable bonds is 7. The lowest BCUT2D eigenvalue weighted by molar-refractivity contribution is -0.139. The Hall–Kier alpha value is -3.06. The van der Waals surface area contributed by atoms with Gasteiger partial charge in [0, 0.05) is 31.7 Å². The molecule has 0 radical (unpaired) electrons. The molecule has 2 atom stereocenters. The fraction of sp³-hybridized carbons (Fsp3) is 0.375. The van der Waals surface area contributed by atoms with Crippen LogP contribution in [0.25, 0.3) is 0 Å². The van der Waals surface area contributed by atoms with Crippen LogP contribution in [0.15, 0.2) is 36.4 Å². The zero-order chi connectivity index (χ0) is 22.5. The molecule has 1 aliphatic heterocycles. The van der Waals surface area contributed by atoms with Gasteiger partial charge < -0.3 is 9.64 Å². The molecule has 31 heavy (non-hydrogen) atoms. The van der Waals surface area contributed by atoms with Crippen molar-refractivity contribution in [2.45, 2.75) is 39.4 Å². The van der Waals surface area contributed by atoms with E-state index in [2.05, 4.69) is 4.90 Å². The maximum Gasteiger partial charge on any atom is 0.260 e. The Balaban J connectivity index is 1.64. The number of halogens is 1. The lowest BCUT2D eigenvalue weighted by atomic mass is 10.1. The standard InChI is InChI=1S/C24H27FN2O4/c1-16-8-20(13-28)24(21(9-16)14-29)31-15-23(30)27-11-17(2)26(10-18(27)3)12-19-4-6-22(25)7-5-19/h4-9,13-14,17-18H,10-12,15H2,1-3H3. The van der Waals surface area contributed by atoms with Crippen molar-refractivity contribution in [2.75, 3.05) is 19.7 Å². The van der Waals surface area contributed by atoms with E-state index in [1.807, 2.05) is 13.8 Å². The second kappa shape index (κ2) is 9.83. The smallest absolute Gasteiger partial charge is 0.260 e. The highest BCUT2D eigenvalue weighted by atomic mass is 19.1. The van der Waals surface area contributed by atoms with Crippen LogP contribution in [0.5, 0.6) is 5.75 Å². The van der Waals surface area contributed by atoms with Gasteiger partial charge in [-0.15, -0.1) is 0 Å². The summed E-state index contributed by atoms with van der Waals surface area (Å²) in [5.41, 5.74) is 2.29. The summed E-state index contributed by atoms with van der Waals surface area (Å²) in [6, 6.07) is 9.77. The summed E-state index contributed by atoms with van der Waals surface area (Å²) < 4.78 is 18.8. The van der Waals surface area contributed by atoms with Gasteiger partial charge in [-0.3, -0.25) is 19.3 Å². The van der Waals surface area contributed by atoms with Gasteiger partial charge >= 0.3 is 0 Å². The maximum absolute atomic E-state index is 13.1. The summed E-state index contributed by atoms with van der Waals surface area (Å²) in [4.78, 5) is 39.6. The fourth-order valence-electron chi connectivity index (χ4n) is 3.98. The Morgan fingerprint density at radius 1 is 1.06 bits per heavy atom. The zero-order valence-corrected chi connectivity index (χ0v) is 18.0. The number of piperazine rings is 1. The Morgan fingerprint density at radius 3 is 2.26 bits per heavy atom. The van der Waals surface area contributed by atoms with E-state index in [0.29, 0.717) is 32.2 Å². The van der Waals surface area contributed by atoms with Crippen LogP contribution in [0.4, 0.5) is 4.39 Å². The molecule has 1 heterocycles. The number of aryl methyl sites for hydroxylation is 1. The number of carbonyl (C=O) groups is 3. The Kier molecular flexibility index (Phi) is 7.17. The van der Waals surface area contributed by atoms with E-state index in [1.54, 1.807) is 36.1 Å². The maximum atomic E-state index is 13.1. The summed E-state index contributed by atoms with van der Waals surface area (Å²) in [6.45, 7) is 7.43. The normalized spacial score (nSPS) is 19.2. The molecule has 1 saturated heterocycles. The molecule has 1 aliphatic rings. The van der Waals surface area contributed by atoms with E-state index in [1.165, 1.54) is 12.1 Å². The van der Waals surface area contributed by atoms with Crippen LogP contribution < -0.4 is 4.74 Å². The van der Waals surface area contributed by atoms with Crippen LogP contribution >= 0.6 is 0 Å². The van der Waals surface area contributed by atoms with Gasteiger partial charge in [0.1, 0.15) is 11.6 Å². The quantitative estimate of drug-likeness (QED) is 0.636. The van der Waals surface area contributed by atoms with Crippen LogP contribution in [-0.2, 0) is 11.3 Å². The number of ether oxygens (including phenoxy) is 1. The van der Waals surface area contributed by atoms with E-state index in [9.17, 15) is 18.8 Å². The Bertz CT molecular complexity index is 932. The van der Waals surface area contributed by atoms with Crippen molar-refractivity contribution in [2.24, 2.45) is 0 Å². The molecular formula is C24H27FN2O4. The number of carbonyl (C=O) groups excluding carboxylic acids is 3. The van der Waals surface area contributed by atoms with Gasteiger partial charge in [-0.05, 0) is 56.2 Å². The Labute approximate surface area is 181 Å². The van der Waals surface area contributed by atoms with Gasteiger partial charge in [-0.2, -0.15) is 0 Å². The summed E-state index contributed by atoms with van der Waals surface area (Å²) in [5.74, 6) is -0.320. The van der Waals surface area contributed by atoms with Gasteiger partial charge in [0.25, 0.3) is 5.91 Å². The summed E-state index contributed by atoms with van der Waals surface area (Å²) in [5, 5.41) is 0. The minimum absolute atomic E-state index is 0.0400. The monoisotopic (exact) mass is 426 g/mol. The molecule has 0 aromatic heterocycles. The summed E-state index contributed by atoms with van der Waals surface area (Å²) in [6.07, 6.45) is 1.25. The minimum Gasteiger partial charge on any atom is -0.482 e. The number of aldehydes is 2. The molecule has 0 aliphatic carbocycles. The summed E-state index contributed by atoms with van der Waals surface area (Å²) in [7, 11) is 0. The third kappa shape index (κ3) is 5.35. The predicted octanol–water partition coefficient (Wildman–Crippen LogP) is 3.26. The number of amides is 1. The molecule has 6 nitrogen and oxygen atoms in total. The first-order valence-corrected chi connectivity index (χ1v) is 10.3. The first-order chi connectivity index (χ1) is 14.8. The molecule has 2 aromatic rings. The molecular weight excluding hydrogens is 399 g/mol. The van der Waals surface area contributed by atoms with Crippen LogP contribution in [0.3, 0.4) is 0 Å². The van der Waals surface area contributed by atoms with Crippen molar-refractivity contribution in [3.63, 3.8) is 0 Å². The fourth-order valence-corrected chi connectivity index (χ4v) is 3.98. The second-order valence-corrected chi connectivity index (χ2v) is 8.10. The molecule has 0 N–H and O–H groups in total. The average Bonchev–Trinajstić information content (AvgIpc) is 2.75. The third-order valence-corrected chi connectivity index (χ3v) is 5.62. The van der Waals surface area contributed by atoms with Gasteiger partial charge in [0.2, 0.25) is 0 Å². The van der Waals surface area contributed by atoms with Gasteiger partial charge in [0.05, 0.1) is 11.1 Å². The van der Waals surface area contributed by atoms with Crippen LogP contribution in [0, 0.1) is 12.7 Å². The van der Waals surface area contributed by atoms with Gasteiger partial charge in [-0.25, -0.2) is 4.39 Å². The van der Waals surface area contributed by atoms with Crippen molar-refractivity contribution in [3.8, 4) is 5.75 Å². The average molecular weight is 426 g/mol. The second-order valence-electron chi connectivity index (χ2n) is 8.10. The number of nitrogens with zero attached hydrogens (tertiary/aromatic N) is 2. The highest BCUT2D eigenvalue weighted by molar-refractivity contribution is 5.89. The zero-order valence-electron chi connectivity index (χ0n) is 18.0. The summed E-state index contributed by atoms with van der Waals surface area (Å²) >= 11 is 0. The van der Waals surface area contributed by atoms with Crippen molar-refractivity contribution in [1.82, 2.24) is 9.80 Å². The first kappa shape index (κ1) is 22.6. The molecule has 1 amide bonds.